The lowest BCUT2D eigenvalue weighted by Crippen LogP contribution is -2.19. The number of aromatic nitrogens is 1. The van der Waals surface area contributed by atoms with Gasteiger partial charge < -0.3 is 15.8 Å². The highest BCUT2D eigenvalue weighted by atomic mass is 19.1. The number of benzene rings is 1. The van der Waals surface area contributed by atoms with E-state index in [4.69, 9.17) is 10.5 Å². The van der Waals surface area contributed by atoms with Crippen molar-refractivity contribution in [2.24, 2.45) is 0 Å². The number of halogens is 1. The number of nitrogens with one attached hydrogen (secondary N) is 1. The second kappa shape index (κ2) is 6.23. The Balaban J connectivity index is 2.00. The average molecular weight is 275 g/mol. The largest absolute Gasteiger partial charge is 0.479 e. The highest BCUT2D eigenvalue weighted by Crippen LogP contribution is 2.21. The molecule has 1 aromatic carbocycles. The van der Waals surface area contributed by atoms with Crippen molar-refractivity contribution in [1.82, 2.24) is 4.98 Å². The van der Waals surface area contributed by atoms with Gasteiger partial charge in [0.25, 0.3) is 0 Å². The zero-order chi connectivity index (χ0) is 14.5. The summed E-state index contributed by atoms with van der Waals surface area (Å²) in [5.41, 5.74) is 7.29. The van der Waals surface area contributed by atoms with Gasteiger partial charge in [-0.05, 0) is 43.2 Å². The molecule has 1 unspecified atom stereocenters. The molecule has 0 aliphatic rings. The number of methoxy groups -OCH3 is 1. The van der Waals surface area contributed by atoms with Crippen LogP contribution in [-0.4, -0.2) is 18.1 Å². The van der Waals surface area contributed by atoms with E-state index in [-0.39, 0.29) is 11.9 Å². The van der Waals surface area contributed by atoms with Crippen molar-refractivity contribution in [1.29, 1.82) is 0 Å². The molecular formula is C15H18FN3O. The van der Waals surface area contributed by atoms with Crippen molar-refractivity contribution >= 4 is 11.5 Å². The maximum absolute atomic E-state index is 12.8. The van der Waals surface area contributed by atoms with Crippen LogP contribution in [0, 0.1) is 5.82 Å². The Hall–Kier alpha value is -2.30. The molecule has 1 atom stereocenters. The minimum atomic E-state index is -0.223. The molecule has 5 heteroatoms. The molecule has 0 amide bonds. The first-order valence-electron chi connectivity index (χ1n) is 6.40. The number of anilines is 2. The molecule has 4 nitrogen and oxygen atoms in total. The van der Waals surface area contributed by atoms with Gasteiger partial charge in [0, 0.05) is 6.04 Å². The van der Waals surface area contributed by atoms with E-state index in [1.54, 1.807) is 24.3 Å². The van der Waals surface area contributed by atoms with Crippen LogP contribution in [-0.2, 0) is 6.42 Å². The normalized spacial score (nSPS) is 11.9. The van der Waals surface area contributed by atoms with Crippen LogP contribution in [0.25, 0.3) is 0 Å². The van der Waals surface area contributed by atoms with Crippen LogP contribution in [0.15, 0.2) is 36.4 Å². The molecule has 0 saturated heterocycles. The van der Waals surface area contributed by atoms with Crippen molar-refractivity contribution in [2.75, 3.05) is 18.2 Å². The quantitative estimate of drug-likeness (QED) is 0.881. The van der Waals surface area contributed by atoms with E-state index in [9.17, 15) is 4.39 Å². The zero-order valence-corrected chi connectivity index (χ0v) is 11.6. The third-order valence-corrected chi connectivity index (χ3v) is 2.93. The molecule has 0 spiro atoms. The van der Waals surface area contributed by atoms with Crippen LogP contribution in [0.1, 0.15) is 12.5 Å². The SMILES string of the molecule is COc1nc(NC(C)Cc2ccc(F)cc2)ccc1N. The lowest BCUT2D eigenvalue weighted by molar-refractivity contribution is 0.400. The number of hydrogen-bond donors (Lipinski definition) is 2. The topological polar surface area (TPSA) is 60.2 Å². The molecule has 3 N–H and O–H groups in total. The molecular weight excluding hydrogens is 257 g/mol. The minimum Gasteiger partial charge on any atom is -0.479 e. The number of nitrogens with zero attached hydrogens (tertiary/aromatic N) is 1. The molecule has 1 aromatic heterocycles. The molecule has 2 aromatic rings. The van der Waals surface area contributed by atoms with Crippen LogP contribution in [0.3, 0.4) is 0 Å². The van der Waals surface area contributed by atoms with E-state index in [1.807, 2.05) is 6.92 Å². The highest BCUT2D eigenvalue weighted by molar-refractivity contribution is 5.53. The summed E-state index contributed by atoms with van der Waals surface area (Å²) in [6, 6.07) is 10.2. The Morgan fingerprint density at radius 2 is 1.95 bits per heavy atom. The van der Waals surface area contributed by atoms with Crippen LogP contribution < -0.4 is 15.8 Å². The van der Waals surface area contributed by atoms with Crippen LogP contribution in [0.2, 0.25) is 0 Å². The molecule has 0 bridgehead atoms. The average Bonchev–Trinajstić information content (AvgIpc) is 2.43. The van der Waals surface area contributed by atoms with Crippen LogP contribution in [0.4, 0.5) is 15.9 Å². The molecule has 0 aliphatic heterocycles. The van der Waals surface area contributed by atoms with E-state index >= 15 is 0 Å². The Bertz CT molecular complexity index is 572. The first-order valence-corrected chi connectivity index (χ1v) is 6.40. The van der Waals surface area contributed by atoms with Gasteiger partial charge in [-0.1, -0.05) is 12.1 Å². The summed E-state index contributed by atoms with van der Waals surface area (Å²) in [6.07, 6.45) is 0.772. The van der Waals surface area contributed by atoms with Gasteiger partial charge in [-0.3, -0.25) is 0 Å². The van der Waals surface area contributed by atoms with Gasteiger partial charge in [0.1, 0.15) is 11.6 Å². The fraction of sp³-hybridized carbons (Fsp3) is 0.267. The molecule has 0 saturated carbocycles. The molecule has 0 fully saturated rings. The predicted octanol–water partition coefficient (Wildman–Crippen LogP) is 2.85. The maximum atomic E-state index is 12.8. The Morgan fingerprint density at radius 1 is 1.25 bits per heavy atom. The summed E-state index contributed by atoms with van der Waals surface area (Å²) in [7, 11) is 1.53. The first-order chi connectivity index (χ1) is 9.58. The van der Waals surface area contributed by atoms with Gasteiger partial charge in [0.15, 0.2) is 0 Å². The van der Waals surface area contributed by atoms with Gasteiger partial charge in [0.2, 0.25) is 5.88 Å². The number of nitrogen functional groups attached to an aromatic ring is 1. The molecule has 106 valence electrons. The van der Waals surface area contributed by atoms with E-state index in [2.05, 4.69) is 10.3 Å². The second-order valence-corrected chi connectivity index (χ2v) is 4.67. The highest BCUT2D eigenvalue weighted by Gasteiger charge is 2.07. The van der Waals surface area contributed by atoms with Crippen molar-refractivity contribution in [3.05, 3.63) is 47.8 Å². The molecule has 0 radical (unpaired) electrons. The van der Waals surface area contributed by atoms with Crippen molar-refractivity contribution in [3.8, 4) is 5.88 Å². The van der Waals surface area contributed by atoms with Gasteiger partial charge in [-0.15, -0.1) is 0 Å². The van der Waals surface area contributed by atoms with Crippen molar-refractivity contribution in [3.63, 3.8) is 0 Å². The Labute approximate surface area is 117 Å². The number of pyridine rings is 1. The van der Waals surface area contributed by atoms with Gasteiger partial charge >= 0.3 is 0 Å². The summed E-state index contributed by atoms with van der Waals surface area (Å²) in [5, 5.41) is 3.27. The first kappa shape index (κ1) is 14.1. The smallest absolute Gasteiger partial charge is 0.238 e. The third-order valence-electron chi connectivity index (χ3n) is 2.93. The number of nitrogens with two attached hydrogens (primary N) is 1. The summed E-state index contributed by atoms with van der Waals surface area (Å²) in [5.74, 6) is 0.883. The van der Waals surface area contributed by atoms with Crippen LogP contribution >= 0.6 is 0 Å². The Morgan fingerprint density at radius 3 is 2.60 bits per heavy atom. The second-order valence-electron chi connectivity index (χ2n) is 4.67. The number of ether oxygens (including phenoxy) is 1. The lowest BCUT2D eigenvalue weighted by Gasteiger charge is -2.15. The standard InChI is InChI=1S/C15H18FN3O/c1-10(9-11-3-5-12(16)6-4-11)18-14-8-7-13(17)15(19-14)20-2/h3-8,10H,9,17H2,1-2H3,(H,18,19). The summed E-state index contributed by atoms with van der Waals surface area (Å²) in [4.78, 5) is 4.27. The lowest BCUT2D eigenvalue weighted by atomic mass is 10.1. The van der Waals surface area contributed by atoms with Crippen molar-refractivity contribution in [2.45, 2.75) is 19.4 Å². The minimum absolute atomic E-state index is 0.154. The zero-order valence-electron chi connectivity index (χ0n) is 11.6. The maximum Gasteiger partial charge on any atom is 0.238 e. The van der Waals surface area contributed by atoms with E-state index < -0.39 is 0 Å². The molecule has 1 heterocycles. The van der Waals surface area contributed by atoms with Gasteiger partial charge in [0.05, 0.1) is 12.8 Å². The fourth-order valence-corrected chi connectivity index (χ4v) is 1.97. The monoisotopic (exact) mass is 275 g/mol. The molecule has 2 rings (SSSR count). The summed E-state index contributed by atoms with van der Waals surface area (Å²) < 4.78 is 17.9. The summed E-state index contributed by atoms with van der Waals surface area (Å²) >= 11 is 0. The van der Waals surface area contributed by atoms with E-state index in [1.165, 1.54) is 19.2 Å². The Kier molecular flexibility index (Phi) is 4.40. The third kappa shape index (κ3) is 3.60. The summed E-state index contributed by atoms with van der Waals surface area (Å²) in [6.45, 7) is 2.04. The van der Waals surface area contributed by atoms with Gasteiger partial charge in [-0.25, -0.2) is 4.39 Å². The fourth-order valence-electron chi connectivity index (χ4n) is 1.97. The van der Waals surface area contributed by atoms with Crippen molar-refractivity contribution < 1.29 is 9.13 Å². The molecule has 0 aliphatic carbocycles. The predicted molar refractivity (Wildman–Crippen MR) is 78.4 cm³/mol. The number of rotatable bonds is 5. The van der Waals surface area contributed by atoms with Crippen LogP contribution in [0.5, 0.6) is 5.88 Å². The molecule has 20 heavy (non-hydrogen) atoms. The van der Waals surface area contributed by atoms with E-state index in [0.29, 0.717) is 17.4 Å². The van der Waals surface area contributed by atoms with E-state index in [0.717, 1.165) is 12.0 Å². The van der Waals surface area contributed by atoms with Gasteiger partial charge in [-0.2, -0.15) is 4.98 Å². The number of hydrogen-bond acceptors (Lipinski definition) is 4.